The van der Waals surface area contributed by atoms with Crippen molar-refractivity contribution in [3.8, 4) is 0 Å². The summed E-state index contributed by atoms with van der Waals surface area (Å²) < 4.78 is 1.93. The van der Waals surface area contributed by atoms with Crippen molar-refractivity contribution in [2.24, 2.45) is 5.41 Å². The third-order valence-electron chi connectivity index (χ3n) is 1.92. The van der Waals surface area contributed by atoms with Crippen molar-refractivity contribution in [3.63, 3.8) is 0 Å². The molecule has 2 aromatic rings. The van der Waals surface area contributed by atoms with E-state index in [-0.39, 0.29) is 5.41 Å². The van der Waals surface area contributed by atoms with Crippen molar-refractivity contribution in [2.75, 3.05) is 0 Å². The van der Waals surface area contributed by atoms with Crippen LogP contribution in [0, 0.1) is 5.41 Å². The standard InChI is InChI=1S/C10H14N4/c1-10(2,3)6-14-9-8(5-13-14)4-11-7-12-9/h4-5,7H,6H2,1-3H3. The van der Waals surface area contributed by atoms with E-state index in [1.807, 2.05) is 4.68 Å². The minimum atomic E-state index is 0.212. The Bertz CT molecular complexity index is 439. The molecule has 0 unspecified atom stereocenters. The molecule has 0 N–H and O–H groups in total. The normalized spacial score (nSPS) is 12.2. The van der Waals surface area contributed by atoms with Crippen LogP contribution in [0.15, 0.2) is 18.7 Å². The van der Waals surface area contributed by atoms with E-state index in [9.17, 15) is 0 Å². The highest BCUT2D eigenvalue weighted by Crippen LogP contribution is 2.18. The number of hydrogen-bond donors (Lipinski definition) is 0. The maximum atomic E-state index is 4.29. The Morgan fingerprint density at radius 3 is 2.79 bits per heavy atom. The van der Waals surface area contributed by atoms with Gasteiger partial charge in [0.2, 0.25) is 0 Å². The molecule has 0 aliphatic rings. The zero-order valence-corrected chi connectivity index (χ0v) is 8.73. The molecular weight excluding hydrogens is 176 g/mol. The van der Waals surface area contributed by atoms with Crippen LogP contribution in [0.1, 0.15) is 20.8 Å². The first-order valence-corrected chi connectivity index (χ1v) is 4.68. The molecule has 0 spiro atoms. The van der Waals surface area contributed by atoms with Crippen molar-refractivity contribution >= 4 is 11.0 Å². The van der Waals surface area contributed by atoms with Crippen LogP contribution in [0.2, 0.25) is 0 Å². The summed E-state index contributed by atoms with van der Waals surface area (Å²) in [5.41, 5.74) is 1.12. The van der Waals surface area contributed by atoms with Gasteiger partial charge in [-0.3, -0.25) is 0 Å². The van der Waals surface area contributed by atoms with Gasteiger partial charge in [-0.15, -0.1) is 0 Å². The first-order chi connectivity index (χ1) is 6.56. The molecule has 0 atom stereocenters. The van der Waals surface area contributed by atoms with Gasteiger partial charge in [0.1, 0.15) is 6.33 Å². The summed E-state index contributed by atoms with van der Waals surface area (Å²) in [5.74, 6) is 0. The van der Waals surface area contributed by atoms with Gasteiger partial charge >= 0.3 is 0 Å². The molecule has 0 aromatic carbocycles. The minimum Gasteiger partial charge on any atom is -0.247 e. The van der Waals surface area contributed by atoms with Gasteiger partial charge in [0.05, 0.1) is 11.6 Å². The van der Waals surface area contributed by atoms with Crippen molar-refractivity contribution < 1.29 is 0 Å². The van der Waals surface area contributed by atoms with Crippen LogP contribution >= 0.6 is 0 Å². The van der Waals surface area contributed by atoms with E-state index < -0.39 is 0 Å². The topological polar surface area (TPSA) is 43.6 Å². The third kappa shape index (κ3) is 1.73. The van der Waals surface area contributed by atoms with Crippen LogP contribution in [-0.4, -0.2) is 19.7 Å². The molecule has 2 rings (SSSR count). The van der Waals surface area contributed by atoms with Crippen LogP contribution < -0.4 is 0 Å². The van der Waals surface area contributed by atoms with Crippen molar-refractivity contribution in [2.45, 2.75) is 27.3 Å². The van der Waals surface area contributed by atoms with E-state index in [1.54, 1.807) is 18.7 Å². The van der Waals surface area contributed by atoms with E-state index in [0.717, 1.165) is 17.6 Å². The van der Waals surface area contributed by atoms with E-state index in [0.29, 0.717) is 0 Å². The van der Waals surface area contributed by atoms with Crippen LogP contribution in [0.3, 0.4) is 0 Å². The fourth-order valence-electron chi connectivity index (χ4n) is 1.39. The second-order valence-corrected chi connectivity index (χ2v) is 4.66. The largest absolute Gasteiger partial charge is 0.247 e. The lowest BCUT2D eigenvalue weighted by Crippen LogP contribution is -2.16. The number of aromatic nitrogens is 4. The predicted octanol–water partition coefficient (Wildman–Crippen LogP) is 1.87. The second kappa shape index (κ2) is 3.04. The maximum Gasteiger partial charge on any atom is 0.161 e. The smallest absolute Gasteiger partial charge is 0.161 e. The molecule has 74 valence electrons. The highest BCUT2D eigenvalue weighted by Gasteiger charge is 2.13. The quantitative estimate of drug-likeness (QED) is 0.689. The molecule has 0 saturated carbocycles. The zero-order chi connectivity index (χ0) is 10.2. The molecule has 2 heterocycles. The number of fused-ring (bicyclic) bond motifs is 1. The van der Waals surface area contributed by atoms with Gasteiger partial charge in [-0.1, -0.05) is 20.8 Å². The molecular formula is C10H14N4. The fourth-order valence-corrected chi connectivity index (χ4v) is 1.39. The van der Waals surface area contributed by atoms with Gasteiger partial charge in [-0.05, 0) is 5.41 Å². The van der Waals surface area contributed by atoms with Gasteiger partial charge in [0.25, 0.3) is 0 Å². The summed E-state index contributed by atoms with van der Waals surface area (Å²) in [4.78, 5) is 8.17. The van der Waals surface area contributed by atoms with Crippen molar-refractivity contribution in [3.05, 3.63) is 18.7 Å². The van der Waals surface area contributed by atoms with Gasteiger partial charge < -0.3 is 0 Å². The van der Waals surface area contributed by atoms with Crippen LogP contribution in [0.5, 0.6) is 0 Å². The molecule has 0 aliphatic heterocycles. The van der Waals surface area contributed by atoms with Gasteiger partial charge in [0, 0.05) is 12.7 Å². The Morgan fingerprint density at radius 1 is 1.29 bits per heavy atom. The summed E-state index contributed by atoms with van der Waals surface area (Å²) in [6.45, 7) is 7.42. The lowest BCUT2D eigenvalue weighted by atomic mass is 9.97. The summed E-state index contributed by atoms with van der Waals surface area (Å²) in [6, 6.07) is 0. The van der Waals surface area contributed by atoms with E-state index >= 15 is 0 Å². The molecule has 0 amide bonds. The van der Waals surface area contributed by atoms with Gasteiger partial charge in [-0.2, -0.15) is 5.10 Å². The molecule has 0 bridgehead atoms. The Balaban J connectivity index is 2.44. The highest BCUT2D eigenvalue weighted by atomic mass is 15.3. The van der Waals surface area contributed by atoms with Crippen LogP contribution in [0.25, 0.3) is 11.0 Å². The monoisotopic (exact) mass is 190 g/mol. The molecule has 14 heavy (non-hydrogen) atoms. The molecule has 0 radical (unpaired) electrons. The molecule has 4 nitrogen and oxygen atoms in total. The lowest BCUT2D eigenvalue weighted by molar-refractivity contribution is 0.330. The Hall–Kier alpha value is -1.45. The predicted molar refractivity (Wildman–Crippen MR) is 54.8 cm³/mol. The first-order valence-electron chi connectivity index (χ1n) is 4.68. The van der Waals surface area contributed by atoms with Gasteiger partial charge in [0.15, 0.2) is 5.65 Å². The maximum absolute atomic E-state index is 4.29. The summed E-state index contributed by atoms with van der Waals surface area (Å²) in [5, 5.41) is 5.29. The number of rotatable bonds is 1. The summed E-state index contributed by atoms with van der Waals surface area (Å²) in [6.07, 6.45) is 5.15. The molecule has 0 fully saturated rings. The SMILES string of the molecule is CC(C)(C)Cn1ncc2cncnc21. The molecule has 0 aliphatic carbocycles. The average Bonchev–Trinajstić information content (AvgIpc) is 2.47. The molecule has 0 saturated heterocycles. The van der Waals surface area contributed by atoms with E-state index in [1.165, 1.54) is 0 Å². The average molecular weight is 190 g/mol. The second-order valence-electron chi connectivity index (χ2n) is 4.66. The van der Waals surface area contributed by atoms with Crippen LogP contribution in [0.4, 0.5) is 0 Å². The number of hydrogen-bond acceptors (Lipinski definition) is 3. The highest BCUT2D eigenvalue weighted by molar-refractivity contribution is 5.72. The van der Waals surface area contributed by atoms with E-state index in [4.69, 9.17) is 0 Å². The summed E-state index contributed by atoms with van der Waals surface area (Å²) >= 11 is 0. The molecule has 2 aromatic heterocycles. The Labute approximate surface area is 83.0 Å². The number of nitrogens with zero attached hydrogens (tertiary/aromatic N) is 4. The summed E-state index contributed by atoms with van der Waals surface area (Å²) in [7, 11) is 0. The Kier molecular flexibility index (Phi) is 1.98. The third-order valence-corrected chi connectivity index (χ3v) is 1.92. The minimum absolute atomic E-state index is 0.212. The molecule has 4 heteroatoms. The van der Waals surface area contributed by atoms with E-state index in [2.05, 4.69) is 35.8 Å². The first kappa shape index (κ1) is 9.12. The zero-order valence-electron chi connectivity index (χ0n) is 8.73. The lowest BCUT2D eigenvalue weighted by Gasteiger charge is -2.17. The van der Waals surface area contributed by atoms with Crippen molar-refractivity contribution in [1.82, 2.24) is 19.7 Å². The van der Waals surface area contributed by atoms with Gasteiger partial charge in [-0.25, -0.2) is 14.6 Å². The fraction of sp³-hybridized carbons (Fsp3) is 0.500. The van der Waals surface area contributed by atoms with Crippen molar-refractivity contribution in [1.29, 1.82) is 0 Å². The van der Waals surface area contributed by atoms with Crippen LogP contribution in [-0.2, 0) is 6.54 Å². The Morgan fingerprint density at radius 2 is 2.07 bits per heavy atom.